The molecule has 1 aliphatic heterocycles. The first kappa shape index (κ1) is 19.7. The quantitative estimate of drug-likeness (QED) is 0.707. The van der Waals surface area contributed by atoms with Crippen LogP contribution >= 0.6 is 0 Å². The highest BCUT2D eigenvalue weighted by atomic mass is 16.7. The van der Waals surface area contributed by atoms with Crippen LogP contribution in [0.1, 0.15) is 52.1 Å². The fourth-order valence-corrected chi connectivity index (χ4v) is 3.00. The van der Waals surface area contributed by atoms with Crippen molar-refractivity contribution in [2.24, 2.45) is 0 Å². The summed E-state index contributed by atoms with van der Waals surface area (Å²) >= 11 is 0. The van der Waals surface area contributed by atoms with Crippen molar-refractivity contribution in [3.05, 3.63) is 36.0 Å². The number of ether oxygens (including phenoxy) is 3. The van der Waals surface area contributed by atoms with Gasteiger partial charge >= 0.3 is 0 Å². The van der Waals surface area contributed by atoms with Gasteiger partial charge in [-0.15, -0.1) is 0 Å². The lowest BCUT2D eigenvalue weighted by atomic mass is 9.87. The number of hydrogen-bond donors (Lipinski definition) is 1. The number of nitrogens with two attached hydrogens (primary N) is 1. The lowest BCUT2D eigenvalue weighted by Gasteiger charge is -2.22. The summed E-state index contributed by atoms with van der Waals surface area (Å²) in [5, 5.41) is 4.72. The van der Waals surface area contributed by atoms with Gasteiger partial charge in [-0.05, 0) is 37.8 Å². The Balaban J connectivity index is 1.60. The molecule has 27 heavy (non-hydrogen) atoms. The van der Waals surface area contributed by atoms with Crippen LogP contribution in [0.4, 0.5) is 5.82 Å². The van der Waals surface area contributed by atoms with Crippen LogP contribution in [-0.2, 0) is 14.9 Å². The lowest BCUT2D eigenvalue weighted by molar-refractivity contribution is -0.165. The second kappa shape index (κ2) is 8.76. The van der Waals surface area contributed by atoms with Crippen molar-refractivity contribution in [3.63, 3.8) is 0 Å². The van der Waals surface area contributed by atoms with E-state index in [1.54, 1.807) is 4.68 Å². The average Bonchev–Trinajstić information content (AvgIpc) is 3.09. The second-order valence-electron chi connectivity index (χ2n) is 7.62. The van der Waals surface area contributed by atoms with Crippen molar-refractivity contribution in [2.45, 2.75) is 58.2 Å². The maximum atomic E-state index is 6.20. The average molecular weight is 373 g/mol. The van der Waals surface area contributed by atoms with Crippen LogP contribution in [0.2, 0.25) is 0 Å². The Labute approximate surface area is 161 Å². The van der Waals surface area contributed by atoms with E-state index in [-0.39, 0.29) is 11.7 Å². The standard InChI is InChI=1S/C21H31N3O3/c1-4-21(2,3)18-15-19(22)24(23-18)16-8-7-9-17(14-16)25-12-13-27-20-10-5-6-11-26-20/h7-9,14-15,20H,4-6,10-13,22H2,1-3H3. The minimum atomic E-state index is -0.0853. The Hall–Kier alpha value is -2.05. The number of anilines is 1. The van der Waals surface area contributed by atoms with Crippen LogP contribution < -0.4 is 10.5 Å². The number of nitrogens with zero attached hydrogens (tertiary/aromatic N) is 2. The largest absolute Gasteiger partial charge is 0.491 e. The molecule has 0 saturated carbocycles. The molecule has 1 atom stereocenters. The number of benzene rings is 1. The van der Waals surface area contributed by atoms with Crippen molar-refractivity contribution < 1.29 is 14.2 Å². The molecule has 0 spiro atoms. The van der Waals surface area contributed by atoms with Crippen LogP contribution in [0.15, 0.2) is 30.3 Å². The lowest BCUT2D eigenvalue weighted by Crippen LogP contribution is -2.24. The molecule has 1 aromatic heterocycles. The first-order chi connectivity index (χ1) is 13.0. The smallest absolute Gasteiger partial charge is 0.157 e. The van der Waals surface area contributed by atoms with Crippen LogP contribution in [-0.4, -0.2) is 35.9 Å². The van der Waals surface area contributed by atoms with Gasteiger partial charge in [0.05, 0.1) is 18.0 Å². The maximum absolute atomic E-state index is 6.20. The van der Waals surface area contributed by atoms with Crippen molar-refractivity contribution in [2.75, 3.05) is 25.6 Å². The molecule has 3 rings (SSSR count). The molecular formula is C21H31N3O3. The molecule has 0 radical (unpaired) electrons. The van der Waals surface area contributed by atoms with Gasteiger partial charge in [-0.1, -0.05) is 26.8 Å². The summed E-state index contributed by atoms with van der Waals surface area (Å²) in [4.78, 5) is 0. The van der Waals surface area contributed by atoms with E-state index in [4.69, 9.17) is 25.0 Å². The molecule has 1 aliphatic rings. The SMILES string of the molecule is CCC(C)(C)c1cc(N)n(-c2cccc(OCCOC3CCCCO3)c2)n1. The highest BCUT2D eigenvalue weighted by Crippen LogP contribution is 2.28. The third-order valence-corrected chi connectivity index (χ3v) is 5.17. The monoisotopic (exact) mass is 373 g/mol. The molecule has 0 aliphatic carbocycles. The Morgan fingerprint density at radius 3 is 2.85 bits per heavy atom. The Bertz CT molecular complexity index is 736. The summed E-state index contributed by atoms with van der Waals surface area (Å²) in [5.41, 5.74) is 8.08. The van der Waals surface area contributed by atoms with Gasteiger partial charge in [0.1, 0.15) is 18.2 Å². The summed E-state index contributed by atoms with van der Waals surface area (Å²) < 4.78 is 18.9. The first-order valence-corrected chi connectivity index (χ1v) is 9.82. The minimum absolute atomic E-state index is 0.00793. The zero-order chi connectivity index (χ0) is 19.3. The third kappa shape index (κ3) is 5.02. The molecule has 2 aromatic rings. The summed E-state index contributed by atoms with van der Waals surface area (Å²) in [6.45, 7) is 8.28. The third-order valence-electron chi connectivity index (χ3n) is 5.17. The topological polar surface area (TPSA) is 71.5 Å². The van der Waals surface area contributed by atoms with Crippen LogP contribution in [0.3, 0.4) is 0 Å². The van der Waals surface area contributed by atoms with E-state index in [9.17, 15) is 0 Å². The van der Waals surface area contributed by atoms with Crippen molar-refractivity contribution in [3.8, 4) is 11.4 Å². The first-order valence-electron chi connectivity index (χ1n) is 9.82. The molecule has 1 saturated heterocycles. The normalized spacial score (nSPS) is 17.8. The van der Waals surface area contributed by atoms with Gasteiger partial charge in [0.2, 0.25) is 0 Å². The second-order valence-corrected chi connectivity index (χ2v) is 7.62. The van der Waals surface area contributed by atoms with Gasteiger partial charge in [0.25, 0.3) is 0 Å². The summed E-state index contributed by atoms with van der Waals surface area (Å²) in [6, 6.07) is 9.75. The van der Waals surface area contributed by atoms with Crippen molar-refractivity contribution in [1.29, 1.82) is 0 Å². The fraction of sp³-hybridized carbons (Fsp3) is 0.571. The van der Waals surface area contributed by atoms with Gasteiger partial charge in [-0.25, -0.2) is 4.68 Å². The highest BCUT2D eigenvalue weighted by molar-refractivity contribution is 5.46. The molecule has 1 aromatic carbocycles. The predicted molar refractivity (Wildman–Crippen MR) is 106 cm³/mol. The fourth-order valence-electron chi connectivity index (χ4n) is 3.00. The molecule has 6 heteroatoms. The molecule has 0 amide bonds. The van der Waals surface area contributed by atoms with Gasteiger partial charge in [-0.2, -0.15) is 5.10 Å². The molecular weight excluding hydrogens is 342 g/mol. The number of nitrogen functional groups attached to an aromatic ring is 1. The van der Waals surface area contributed by atoms with Gasteiger partial charge < -0.3 is 19.9 Å². The molecule has 148 valence electrons. The minimum Gasteiger partial charge on any atom is -0.491 e. The molecule has 1 unspecified atom stereocenters. The van der Waals surface area contributed by atoms with Crippen LogP contribution in [0.25, 0.3) is 5.69 Å². The van der Waals surface area contributed by atoms with Crippen molar-refractivity contribution in [1.82, 2.24) is 9.78 Å². The zero-order valence-electron chi connectivity index (χ0n) is 16.6. The van der Waals surface area contributed by atoms with E-state index < -0.39 is 0 Å². The Morgan fingerprint density at radius 1 is 1.26 bits per heavy atom. The molecule has 1 fully saturated rings. The molecule has 6 nitrogen and oxygen atoms in total. The Morgan fingerprint density at radius 2 is 2.11 bits per heavy atom. The van der Waals surface area contributed by atoms with Gasteiger partial charge in [0, 0.05) is 24.2 Å². The van der Waals surface area contributed by atoms with E-state index in [1.807, 2.05) is 30.3 Å². The Kier molecular flexibility index (Phi) is 6.39. The number of rotatable bonds is 8. The molecule has 0 bridgehead atoms. The van der Waals surface area contributed by atoms with E-state index in [0.717, 1.165) is 49.4 Å². The van der Waals surface area contributed by atoms with E-state index >= 15 is 0 Å². The van der Waals surface area contributed by atoms with Crippen molar-refractivity contribution >= 4 is 5.82 Å². The van der Waals surface area contributed by atoms with E-state index in [2.05, 4.69) is 20.8 Å². The van der Waals surface area contributed by atoms with Crippen LogP contribution in [0, 0.1) is 0 Å². The molecule has 2 heterocycles. The van der Waals surface area contributed by atoms with Gasteiger partial charge in [-0.3, -0.25) is 0 Å². The van der Waals surface area contributed by atoms with Gasteiger partial charge in [0.15, 0.2) is 6.29 Å². The predicted octanol–water partition coefficient (Wildman–Crippen LogP) is 4.06. The highest BCUT2D eigenvalue weighted by Gasteiger charge is 2.23. The number of hydrogen-bond acceptors (Lipinski definition) is 5. The zero-order valence-corrected chi connectivity index (χ0v) is 16.6. The van der Waals surface area contributed by atoms with E-state index in [1.165, 1.54) is 0 Å². The molecule has 2 N–H and O–H groups in total. The summed E-state index contributed by atoms with van der Waals surface area (Å²) in [6.07, 6.45) is 4.16. The number of aromatic nitrogens is 2. The summed E-state index contributed by atoms with van der Waals surface area (Å²) in [7, 11) is 0. The van der Waals surface area contributed by atoms with E-state index in [0.29, 0.717) is 19.0 Å². The summed E-state index contributed by atoms with van der Waals surface area (Å²) in [5.74, 6) is 1.40. The maximum Gasteiger partial charge on any atom is 0.157 e. The van der Waals surface area contributed by atoms with Crippen LogP contribution in [0.5, 0.6) is 5.75 Å².